The number of anilines is 1. The average molecular weight is 274 g/mol. The van der Waals surface area contributed by atoms with Crippen molar-refractivity contribution < 1.29 is 13.5 Å². The summed E-state index contributed by atoms with van der Waals surface area (Å²) in [6.45, 7) is 2.31. The monoisotopic (exact) mass is 274 g/mol. The summed E-state index contributed by atoms with van der Waals surface area (Å²) in [5.74, 6) is 0.0288. The molecule has 2 heterocycles. The van der Waals surface area contributed by atoms with Crippen molar-refractivity contribution in [3.63, 3.8) is 0 Å². The molecule has 1 saturated heterocycles. The lowest BCUT2D eigenvalue weighted by atomic mass is 10.1. The van der Waals surface area contributed by atoms with Crippen LogP contribution in [-0.4, -0.2) is 46.8 Å². The Kier molecular flexibility index (Phi) is 3.35. The summed E-state index contributed by atoms with van der Waals surface area (Å²) in [5.41, 5.74) is 6.20. The predicted molar refractivity (Wildman–Crippen MR) is 66.4 cm³/mol. The molecule has 3 N–H and O–H groups in total. The van der Waals surface area contributed by atoms with Gasteiger partial charge in [-0.1, -0.05) is 0 Å². The highest BCUT2D eigenvalue weighted by Gasteiger charge is 2.33. The SMILES string of the molecule is Cc1c(S(=O)(=O)N2CCC(O)CC2)c(N)nn1C. The van der Waals surface area contributed by atoms with E-state index in [2.05, 4.69) is 5.10 Å². The van der Waals surface area contributed by atoms with Crippen LogP contribution in [0.4, 0.5) is 5.82 Å². The van der Waals surface area contributed by atoms with Gasteiger partial charge in [0, 0.05) is 20.1 Å². The van der Waals surface area contributed by atoms with Gasteiger partial charge in [0.15, 0.2) is 5.82 Å². The lowest BCUT2D eigenvalue weighted by molar-refractivity contribution is 0.113. The van der Waals surface area contributed by atoms with E-state index >= 15 is 0 Å². The zero-order valence-electron chi connectivity index (χ0n) is 10.5. The van der Waals surface area contributed by atoms with Crippen molar-refractivity contribution in [2.45, 2.75) is 30.8 Å². The van der Waals surface area contributed by atoms with Crippen LogP contribution in [0.1, 0.15) is 18.5 Å². The standard InChI is InChI=1S/C10H18N4O3S/c1-7-9(10(11)12-13(7)2)18(16,17)14-5-3-8(15)4-6-14/h8,15H,3-6H2,1-2H3,(H2,11,12). The van der Waals surface area contributed by atoms with Crippen LogP contribution in [0.2, 0.25) is 0 Å². The fourth-order valence-electron chi connectivity index (χ4n) is 2.14. The molecule has 1 aliphatic heterocycles. The van der Waals surface area contributed by atoms with Crippen molar-refractivity contribution >= 4 is 15.8 Å². The van der Waals surface area contributed by atoms with Crippen LogP contribution in [0, 0.1) is 6.92 Å². The number of hydrogen-bond acceptors (Lipinski definition) is 5. The molecule has 18 heavy (non-hydrogen) atoms. The highest BCUT2D eigenvalue weighted by atomic mass is 32.2. The van der Waals surface area contributed by atoms with Gasteiger partial charge in [0.2, 0.25) is 10.0 Å². The molecule has 0 bridgehead atoms. The number of hydrogen-bond donors (Lipinski definition) is 2. The number of sulfonamides is 1. The molecule has 8 heteroatoms. The van der Waals surface area contributed by atoms with Crippen LogP contribution < -0.4 is 5.73 Å². The summed E-state index contributed by atoms with van der Waals surface area (Å²) in [4.78, 5) is 0.0846. The molecule has 1 aliphatic rings. The molecule has 0 saturated carbocycles. The van der Waals surface area contributed by atoms with Crippen molar-refractivity contribution in [1.82, 2.24) is 14.1 Å². The highest BCUT2D eigenvalue weighted by molar-refractivity contribution is 7.89. The molecule has 1 aromatic heterocycles. The number of rotatable bonds is 2. The third-order valence-corrected chi connectivity index (χ3v) is 5.39. The van der Waals surface area contributed by atoms with E-state index in [1.54, 1.807) is 14.0 Å². The Labute approximate surface area is 106 Å². The third-order valence-electron chi connectivity index (χ3n) is 3.33. The number of aromatic nitrogens is 2. The fourth-order valence-corrected chi connectivity index (χ4v) is 3.91. The van der Waals surface area contributed by atoms with Crippen LogP contribution in [0.5, 0.6) is 0 Å². The topological polar surface area (TPSA) is 101 Å². The van der Waals surface area contributed by atoms with Gasteiger partial charge >= 0.3 is 0 Å². The molecule has 0 amide bonds. The van der Waals surface area contributed by atoms with Gasteiger partial charge < -0.3 is 10.8 Å². The van der Waals surface area contributed by atoms with Crippen molar-refractivity contribution in [2.24, 2.45) is 7.05 Å². The number of aliphatic hydroxyl groups is 1. The molecular weight excluding hydrogens is 256 g/mol. The smallest absolute Gasteiger partial charge is 0.248 e. The predicted octanol–water partition coefficient (Wildman–Crippen LogP) is -0.544. The van der Waals surface area contributed by atoms with Crippen LogP contribution in [0.15, 0.2) is 4.90 Å². The van der Waals surface area contributed by atoms with Gasteiger partial charge in [0.1, 0.15) is 4.90 Å². The first-order chi connectivity index (χ1) is 8.34. The molecule has 0 atom stereocenters. The first-order valence-corrected chi connectivity index (χ1v) is 7.25. The fraction of sp³-hybridized carbons (Fsp3) is 0.700. The van der Waals surface area contributed by atoms with E-state index in [9.17, 15) is 13.5 Å². The summed E-state index contributed by atoms with van der Waals surface area (Å²) in [5, 5.41) is 13.3. The average Bonchev–Trinajstić information content (AvgIpc) is 2.54. The summed E-state index contributed by atoms with van der Waals surface area (Å²) in [6, 6.07) is 0. The quantitative estimate of drug-likeness (QED) is 0.754. The molecule has 1 fully saturated rings. The molecule has 0 radical (unpaired) electrons. The molecule has 102 valence electrons. The minimum absolute atomic E-state index is 0.0288. The van der Waals surface area contributed by atoms with Gasteiger partial charge in [-0.05, 0) is 19.8 Å². The lowest BCUT2D eigenvalue weighted by Crippen LogP contribution is -2.40. The Morgan fingerprint density at radius 3 is 2.39 bits per heavy atom. The van der Waals surface area contributed by atoms with E-state index < -0.39 is 16.1 Å². The molecule has 7 nitrogen and oxygen atoms in total. The minimum Gasteiger partial charge on any atom is -0.393 e. The van der Waals surface area contributed by atoms with Gasteiger partial charge in [-0.15, -0.1) is 0 Å². The van der Waals surface area contributed by atoms with Crippen molar-refractivity contribution in [2.75, 3.05) is 18.8 Å². The number of nitrogens with zero attached hydrogens (tertiary/aromatic N) is 3. The maximum atomic E-state index is 12.5. The van der Waals surface area contributed by atoms with Gasteiger partial charge in [-0.25, -0.2) is 8.42 Å². The number of piperidine rings is 1. The Morgan fingerprint density at radius 2 is 1.94 bits per heavy atom. The second kappa shape index (κ2) is 4.52. The maximum absolute atomic E-state index is 12.5. The van der Waals surface area contributed by atoms with Crippen molar-refractivity contribution in [3.05, 3.63) is 5.69 Å². The van der Waals surface area contributed by atoms with E-state index in [1.807, 2.05) is 0 Å². The van der Waals surface area contributed by atoms with Crippen molar-refractivity contribution in [1.29, 1.82) is 0 Å². The Bertz CT molecular complexity index is 544. The maximum Gasteiger partial charge on any atom is 0.248 e. The van der Waals surface area contributed by atoms with E-state index in [0.717, 1.165) is 0 Å². The molecular formula is C10H18N4O3S. The second-order valence-corrected chi connectivity index (χ2v) is 6.43. The minimum atomic E-state index is -3.61. The number of nitrogen functional groups attached to an aromatic ring is 1. The zero-order valence-corrected chi connectivity index (χ0v) is 11.3. The van der Waals surface area contributed by atoms with Crippen LogP contribution in [0.25, 0.3) is 0 Å². The Balaban J connectivity index is 2.37. The molecule has 1 aromatic rings. The molecule has 2 rings (SSSR count). The number of aryl methyl sites for hydroxylation is 1. The van der Waals surface area contributed by atoms with E-state index in [0.29, 0.717) is 31.6 Å². The van der Waals surface area contributed by atoms with E-state index in [4.69, 9.17) is 5.73 Å². The Morgan fingerprint density at radius 1 is 1.39 bits per heavy atom. The molecule has 0 aromatic carbocycles. The van der Waals surface area contributed by atoms with Crippen LogP contribution in [0.3, 0.4) is 0 Å². The van der Waals surface area contributed by atoms with E-state index in [1.165, 1.54) is 8.99 Å². The normalized spacial score (nSPS) is 19.3. The largest absolute Gasteiger partial charge is 0.393 e. The summed E-state index contributed by atoms with van der Waals surface area (Å²) in [7, 11) is -1.95. The van der Waals surface area contributed by atoms with Crippen molar-refractivity contribution in [3.8, 4) is 0 Å². The number of nitrogens with two attached hydrogens (primary N) is 1. The van der Waals surface area contributed by atoms with Crippen LogP contribution >= 0.6 is 0 Å². The van der Waals surface area contributed by atoms with Gasteiger partial charge in [-0.3, -0.25) is 4.68 Å². The molecule has 0 spiro atoms. The van der Waals surface area contributed by atoms with Gasteiger partial charge in [-0.2, -0.15) is 9.40 Å². The zero-order chi connectivity index (χ0) is 13.5. The second-order valence-electron chi connectivity index (χ2n) is 4.56. The first kappa shape index (κ1) is 13.3. The summed E-state index contributed by atoms with van der Waals surface area (Å²) in [6.07, 6.45) is 0.500. The first-order valence-electron chi connectivity index (χ1n) is 5.81. The summed E-state index contributed by atoms with van der Waals surface area (Å²) >= 11 is 0. The summed E-state index contributed by atoms with van der Waals surface area (Å²) < 4.78 is 27.7. The molecule has 0 unspecified atom stereocenters. The molecule has 0 aliphatic carbocycles. The van der Waals surface area contributed by atoms with Gasteiger partial charge in [0.05, 0.1) is 11.8 Å². The Hall–Kier alpha value is -1.12. The highest BCUT2D eigenvalue weighted by Crippen LogP contribution is 2.27. The van der Waals surface area contributed by atoms with Gasteiger partial charge in [0.25, 0.3) is 0 Å². The number of aliphatic hydroxyl groups excluding tert-OH is 1. The van der Waals surface area contributed by atoms with Crippen LogP contribution in [-0.2, 0) is 17.1 Å². The third kappa shape index (κ3) is 2.11. The van der Waals surface area contributed by atoms with E-state index in [-0.39, 0.29) is 10.7 Å². The lowest BCUT2D eigenvalue weighted by Gasteiger charge is -2.28.